The first-order valence-corrected chi connectivity index (χ1v) is 10.4. The Kier molecular flexibility index (Phi) is 5.27. The number of ether oxygens (including phenoxy) is 1. The topological polar surface area (TPSA) is 99.2 Å². The summed E-state index contributed by atoms with van der Waals surface area (Å²) in [7, 11) is 1.54. The molecule has 3 heterocycles. The van der Waals surface area contributed by atoms with Crippen molar-refractivity contribution in [1.82, 2.24) is 14.5 Å². The van der Waals surface area contributed by atoms with Crippen molar-refractivity contribution in [3.05, 3.63) is 83.3 Å². The molecular weight excluding hydrogens is 444 g/mol. The third-order valence-corrected chi connectivity index (χ3v) is 5.47. The molecule has 164 valence electrons. The summed E-state index contributed by atoms with van der Waals surface area (Å²) in [5.74, 6) is -1.00. The smallest absolute Gasteiger partial charge is 0.302 e. The number of fused-ring (bicyclic) bond motifs is 2. The summed E-state index contributed by atoms with van der Waals surface area (Å²) in [4.78, 5) is 34.0. The fourth-order valence-electron chi connectivity index (χ4n) is 3.61. The highest BCUT2D eigenvalue weighted by atomic mass is 35.5. The first-order chi connectivity index (χ1) is 16.0. The predicted octanol–water partition coefficient (Wildman–Crippen LogP) is 4.71. The summed E-state index contributed by atoms with van der Waals surface area (Å²) >= 11 is 5.99. The first-order valence-electron chi connectivity index (χ1n) is 9.99. The van der Waals surface area contributed by atoms with E-state index in [1.165, 1.54) is 6.20 Å². The van der Waals surface area contributed by atoms with Crippen LogP contribution in [0.4, 0.5) is 6.01 Å². The Morgan fingerprint density at radius 2 is 1.97 bits per heavy atom. The SMILES string of the molecule is COc1ccc2c(c1)c(C(=O)C(=O)Nc1nc3ccncc3o1)cn2Cc1ccc(Cl)cc1. The Labute approximate surface area is 192 Å². The lowest BCUT2D eigenvalue weighted by atomic mass is 10.1. The molecule has 0 radical (unpaired) electrons. The lowest BCUT2D eigenvalue weighted by molar-refractivity contribution is -0.112. The number of oxazole rings is 1. The molecule has 5 aromatic rings. The molecule has 0 fully saturated rings. The minimum atomic E-state index is -0.858. The summed E-state index contributed by atoms with van der Waals surface area (Å²) in [6, 6.07) is 14.4. The molecule has 2 aromatic carbocycles. The van der Waals surface area contributed by atoms with Crippen LogP contribution in [0, 0.1) is 0 Å². The zero-order valence-corrected chi connectivity index (χ0v) is 18.2. The number of aromatic nitrogens is 3. The standard InChI is InChI=1S/C24H17ClN4O4/c1-32-16-6-7-20-17(10-16)18(13-29(20)12-14-2-4-15(25)5-3-14)22(30)23(31)28-24-27-19-8-9-26-11-21(19)33-24/h2-11,13H,12H2,1H3,(H,27,28,31). The Bertz CT molecular complexity index is 1470. The van der Waals surface area contributed by atoms with Crippen molar-refractivity contribution in [2.24, 2.45) is 0 Å². The van der Waals surface area contributed by atoms with Crippen LogP contribution in [0.5, 0.6) is 5.75 Å². The molecular formula is C24H17ClN4O4. The number of pyridine rings is 1. The van der Waals surface area contributed by atoms with Crippen LogP contribution in [-0.2, 0) is 11.3 Å². The van der Waals surface area contributed by atoms with Crippen molar-refractivity contribution in [1.29, 1.82) is 0 Å². The zero-order valence-electron chi connectivity index (χ0n) is 17.4. The van der Waals surface area contributed by atoms with Gasteiger partial charge in [-0.25, -0.2) is 0 Å². The van der Waals surface area contributed by atoms with E-state index in [2.05, 4.69) is 15.3 Å². The van der Waals surface area contributed by atoms with Gasteiger partial charge in [0.05, 0.1) is 18.9 Å². The minimum absolute atomic E-state index is 0.0705. The highest BCUT2D eigenvalue weighted by Gasteiger charge is 2.24. The van der Waals surface area contributed by atoms with Gasteiger partial charge in [-0.15, -0.1) is 0 Å². The number of amides is 1. The molecule has 8 nitrogen and oxygen atoms in total. The molecule has 0 saturated carbocycles. The molecule has 33 heavy (non-hydrogen) atoms. The van der Waals surface area contributed by atoms with E-state index in [1.807, 2.05) is 22.8 Å². The summed E-state index contributed by atoms with van der Waals surface area (Å²) in [5, 5.41) is 3.68. The Morgan fingerprint density at radius 1 is 1.15 bits per heavy atom. The quantitative estimate of drug-likeness (QED) is 0.291. The third kappa shape index (κ3) is 4.04. The lowest BCUT2D eigenvalue weighted by Gasteiger charge is -2.06. The van der Waals surface area contributed by atoms with Crippen molar-refractivity contribution >= 4 is 51.3 Å². The van der Waals surface area contributed by atoms with Crippen molar-refractivity contribution < 1.29 is 18.7 Å². The number of hydrogen-bond donors (Lipinski definition) is 1. The Morgan fingerprint density at radius 3 is 2.73 bits per heavy atom. The van der Waals surface area contributed by atoms with Crippen LogP contribution >= 0.6 is 11.6 Å². The second-order valence-corrected chi connectivity index (χ2v) is 7.76. The summed E-state index contributed by atoms with van der Waals surface area (Å²) in [5.41, 5.74) is 2.96. The van der Waals surface area contributed by atoms with E-state index in [9.17, 15) is 9.59 Å². The first kappa shape index (κ1) is 20.7. The highest BCUT2D eigenvalue weighted by molar-refractivity contribution is 6.48. The van der Waals surface area contributed by atoms with Crippen LogP contribution in [0.1, 0.15) is 15.9 Å². The highest BCUT2D eigenvalue weighted by Crippen LogP contribution is 2.28. The number of carbonyl (C=O) groups excluding carboxylic acids is 2. The number of nitrogens with zero attached hydrogens (tertiary/aromatic N) is 3. The van der Waals surface area contributed by atoms with Gasteiger partial charge in [0.2, 0.25) is 0 Å². The maximum absolute atomic E-state index is 13.1. The Hall–Kier alpha value is -4.17. The molecule has 0 saturated heterocycles. The second-order valence-electron chi connectivity index (χ2n) is 7.33. The molecule has 9 heteroatoms. The van der Waals surface area contributed by atoms with E-state index in [0.29, 0.717) is 33.8 Å². The fraction of sp³-hybridized carbons (Fsp3) is 0.0833. The van der Waals surface area contributed by atoms with Crippen LogP contribution in [0.15, 0.2) is 71.5 Å². The van der Waals surface area contributed by atoms with Crippen LogP contribution in [0.25, 0.3) is 22.0 Å². The number of nitrogens with one attached hydrogen (secondary N) is 1. The minimum Gasteiger partial charge on any atom is -0.497 e. The number of anilines is 1. The number of benzene rings is 2. The average molecular weight is 461 g/mol. The third-order valence-electron chi connectivity index (χ3n) is 5.22. The molecule has 1 amide bonds. The van der Waals surface area contributed by atoms with E-state index in [0.717, 1.165) is 11.1 Å². The maximum atomic E-state index is 13.1. The molecule has 3 aromatic heterocycles. The van der Waals surface area contributed by atoms with Gasteiger partial charge in [0.25, 0.3) is 11.7 Å². The van der Waals surface area contributed by atoms with Gasteiger partial charge in [0.1, 0.15) is 11.3 Å². The van der Waals surface area contributed by atoms with E-state index in [4.69, 9.17) is 20.8 Å². The molecule has 0 spiro atoms. The predicted molar refractivity (Wildman–Crippen MR) is 124 cm³/mol. The number of carbonyl (C=O) groups is 2. The largest absolute Gasteiger partial charge is 0.497 e. The number of halogens is 1. The number of ketones is 1. The second kappa shape index (κ2) is 8.40. The molecule has 0 aliphatic heterocycles. The zero-order chi connectivity index (χ0) is 22.9. The number of hydrogen-bond acceptors (Lipinski definition) is 6. The summed E-state index contributed by atoms with van der Waals surface area (Å²) < 4.78 is 12.7. The van der Waals surface area contributed by atoms with E-state index < -0.39 is 11.7 Å². The van der Waals surface area contributed by atoms with Gasteiger partial charge in [-0.1, -0.05) is 23.7 Å². The molecule has 0 atom stereocenters. The number of methoxy groups -OCH3 is 1. The normalized spacial score (nSPS) is 11.1. The van der Waals surface area contributed by atoms with Crippen molar-refractivity contribution in [3.63, 3.8) is 0 Å². The van der Waals surface area contributed by atoms with Gasteiger partial charge in [0, 0.05) is 34.9 Å². The average Bonchev–Trinajstić information content (AvgIpc) is 3.40. The van der Waals surface area contributed by atoms with Crippen LogP contribution in [-0.4, -0.2) is 33.3 Å². The fourth-order valence-corrected chi connectivity index (χ4v) is 3.74. The summed E-state index contributed by atoms with van der Waals surface area (Å²) in [6.07, 6.45) is 4.71. The van der Waals surface area contributed by atoms with Crippen molar-refractivity contribution in [2.45, 2.75) is 6.54 Å². The van der Waals surface area contributed by atoms with Crippen molar-refractivity contribution in [2.75, 3.05) is 12.4 Å². The molecule has 0 unspecified atom stereocenters. The van der Waals surface area contributed by atoms with Crippen LogP contribution in [0.2, 0.25) is 5.02 Å². The number of Topliss-reactive ketones (excluding diaryl/α,β-unsaturated/α-hetero) is 1. The van der Waals surface area contributed by atoms with E-state index in [-0.39, 0.29) is 11.6 Å². The van der Waals surface area contributed by atoms with Gasteiger partial charge in [-0.2, -0.15) is 4.98 Å². The maximum Gasteiger partial charge on any atom is 0.302 e. The Balaban J connectivity index is 1.49. The van der Waals surface area contributed by atoms with Gasteiger partial charge >= 0.3 is 6.01 Å². The lowest BCUT2D eigenvalue weighted by Crippen LogP contribution is -2.22. The van der Waals surface area contributed by atoms with Crippen LogP contribution < -0.4 is 10.1 Å². The van der Waals surface area contributed by atoms with Crippen molar-refractivity contribution in [3.8, 4) is 5.75 Å². The van der Waals surface area contributed by atoms with Gasteiger partial charge in [-0.05, 0) is 42.0 Å². The monoisotopic (exact) mass is 460 g/mol. The summed E-state index contributed by atoms with van der Waals surface area (Å²) in [6.45, 7) is 0.493. The number of rotatable bonds is 6. The van der Waals surface area contributed by atoms with Gasteiger partial charge in [0.15, 0.2) is 5.58 Å². The molecule has 5 rings (SSSR count). The van der Waals surface area contributed by atoms with E-state index >= 15 is 0 Å². The molecule has 1 N–H and O–H groups in total. The van der Waals surface area contributed by atoms with E-state index in [1.54, 1.807) is 49.8 Å². The van der Waals surface area contributed by atoms with Crippen LogP contribution in [0.3, 0.4) is 0 Å². The van der Waals surface area contributed by atoms with Gasteiger partial charge < -0.3 is 13.7 Å². The molecule has 0 aliphatic rings. The molecule has 0 aliphatic carbocycles. The van der Waals surface area contributed by atoms with Gasteiger partial charge in [-0.3, -0.25) is 19.9 Å². The molecule has 0 bridgehead atoms.